The van der Waals surface area contributed by atoms with E-state index in [0.29, 0.717) is 0 Å². The second-order valence-corrected chi connectivity index (χ2v) is 7.49. The van der Waals surface area contributed by atoms with Crippen LogP contribution < -0.4 is 0 Å². The fourth-order valence-electron chi connectivity index (χ4n) is 4.25. The van der Waals surface area contributed by atoms with Gasteiger partial charge in [-0.05, 0) is 56.3 Å². The molecule has 0 heterocycles. The summed E-state index contributed by atoms with van der Waals surface area (Å²) in [6.07, 6.45) is 0. The molecule has 0 atom stereocenters. The molecule has 4 aromatic carbocycles. The SMILES string of the molecule is CC1(C)c2ccccc2-c2ccc(-c3ccc4ccccc4c3)cc21. The number of rotatable bonds is 1. The molecule has 0 unspecified atom stereocenters. The monoisotopic (exact) mass is 320 g/mol. The highest BCUT2D eigenvalue weighted by molar-refractivity contribution is 5.89. The molecule has 5 rings (SSSR count). The van der Waals surface area contributed by atoms with Gasteiger partial charge >= 0.3 is 0 Å². The van der Waals surface area contributed by atoms with Gasteiger partial charge in [-0.2, -0.15) is 0 Å². The fraction of sp³-hybridized carbons (Fsp3) is 0.120. The van der Waals surface area contributed by atoms with Crippen LogP contribution in [0, 0.1) is 0 Å². The van der Waals surface area contributed by atoms with Crippen molar-refractivity contribution < 1.29 is 0 Å². The van der Waals surface area contributed by atoms with Gasteiger partial charge in [0, 0.05) is 5.41 Å². The quantitative estimate of drug-likeness (QED) is 0.361. The van der Waals surface area contributed by atoms with Crippen LogP contribution in [-0.4, -0.2) is 0 Å². The normalized spacial score (nSPS) is 14.3. The lowest BCUT2D eigenvalue weighted by molar-refractivity contribution is 0.660. The number of fused-ring (bicyclic) bond motifs is 4. The molecular formula is C25H20. The smallest absolute Gasteiger partial charge is 0.0159 e. The summed E-state index contributed by atoms with van der Waals surface area (Å²) in [5, 5.41) is 2.59. The highest BCUT2D eigenvalue weighted by Gasteiger charge is 2.35. The molecule has 0 heteroatoms. The Morgan fingerprint density at radius 2 is 1.16 bits per heavy atom. The predicted molar refractivity (Wildman–Crippen MR) is 107 cm³/mol. The highest BCUT2D eigenvalue weighted by atomic mass is 14.4. The molecule has 0 aliphatic heterocycles. The Labute approximate surface area is 148 Å². The Bertz CT molecular complexity index is 1120. The first-order valence-electron chi connectivity index (χ1n) is 8.88. The Hall–Kier alpha value is -2.86. The van der Waals surface area contributed by atoms with Gasteiger partial charge in [-0.15, -0.1) is 0 Å². The first kappa shape index (κ1) is 14.5. The average Bonchev–Trinajstić information content (AvgIpc) is 2.89. The molecule has 1 aliphatic rings. The van der Waals surface area contributed by atoms with E-state index in [-0.39, 0.29) is 5.41 Å². The van der Waals surface area contributed by atoms with E-state index in [4.69, 9.17) is 0 Å². The van der Waals surface area contributed by atoms with E-state index < -0.39 is 0 Å². The molecule has 0 fully saturated rings. The van der Waals surface area contributed by atoms with Gasteiger partial charge in [-0.3, -0.25) is 0 Å². The van der Waals surface area contributed by atoms with Crippen molar-refractivity contribution in [3.05, 3.63) is 96.1 Å². The molecule has 0 amide bonds. The molecule has 0 spiro atoms. The molecular weight excluding hydrogens is 300 g/mol. The minimum Gasteiger partial charge on any atom is -0.0619 e. The molecule has 4 aromatic rings. The summed E-state index contributed by atoms with van der Waals surface area (Å²) in [7, 11) is 0. The molecule has 0 nitrogen and oxygen atoms in total. The van der Waals surface area contributed by atoms with Gasteiger partial charge in [0.2, 0.25) is 0 Å². The van der Waals surface area contributed by atoms with Crippen LogP contribution in [0.1, 0.15) is 25.0 Å². The second-order valence-electron chi connectivity index (χ2n) is 7.49. The Kier molecular flexibility index (Phi) is 2.93. The van der Waals surface area contributed by atoms with Gasteiger partial charge in [0.05, 0.1) is 0 Å². The molecule has 1 aliphatic carbocycles. The van der Waals surface area contributed by atoms with Crippen molar-refractivity contribution in [2.24, 2.45) is 0 Å². The first-order valence-corrected chi connectivity index (χ1v) is 8.88. The van der Waals surface area contributed by atoms with Crippen LogP contribution in [0.4, 0.5) is 0 Å². The third kappa shape index (κ3) is 2.07. The fourth-order valence-corrected chi connectivity index (χ4v) is 4.25. The zero-order valence-corrected chi connectivity index (χ0v) is 14.6. The highest BCUT2D eigenvalue weighted by Crippen LogP contribution is 2.49. The van der Waals surface area contributed by atoms with Crippen molar-refractivity contribution in [3.8, 4) is 22.3 Å². The van der Waals surface area contributed by atoms with Crippen molar-refractivity contribution in [3.63, 3.8) is 0 Å². The lowest BCUT2D eigenvalue weighted by Gasteiger charge is -2.22. The van der Waals surface area contributed by atoms with Crippen LogP contribution in [0.15, 0.2) is 84.9 Å². The van der Waals surface area contributed by atoms with Crippen molar-refractivity contribution in [1.82, 2.24) is 0 Å². The van der Waals surface area contributed by atoms with Crippen LogP contribution in [0.3, 0.4) is 0 Å². The number of hydrogen-bond acceptors (Lipinski definition) is 0. The van der Waals surface area contributed by atoms with Crippen LogP contribution >= 0.6 is 0 Å². The Morgan fingerprint density at radius 1 is 0.520 bits per heavy atom. The topological polar surface area (TPSA) is 0 Å². The van der Waals surface area contributed by atoms with E-state index in [9.17, 15) is 0 Å². The summed E-state index contributed by atoms with van der Waals surface area (Å²) in [6, 6.07) is 31.1. The van der Waals surface area contributed by atoms with Gasteiger partial charge in [-0.25, -0.2) is 0 Å². The minimum atomic E-state index is 0.0544. The van der Waals surface area contributed by atoms with Gasteiger partial charge in [0.25, 0.3) is 0 Å². The van der Waals surface area contributed by atoms with Gasteiger partial charge < -0.3 is 0 Å². The molecule has 0 saturated carbocycles. The average molecular weight is 320 g/mol. The van der Waals surface area contributed by atoms with E-state index in [2.05, 4.69) is 98.8 Å². The summed E-state index contributed by atoms with van der Waals surface area (Å²) < 4.78 is 0. The summed E-state index contributed by atoms with van der Waals surface area (Å²) in [5.41, 5.74) is 8.26. The zero-order chi connectivity index (χ0) is 17.0. The van der Waals surface area contributed by atoms with Gasteiger partial charge in [0.15, 0.2) is 0 Å². The third-order valence-electron chi connectivity index (χ3n) is 5.67. The number of hydrogen-bond donors (Lipinski definition) is 0. The van der Waals surface area contributed by atoms with E-state index in [1.165, 1.54) is 44.2 Å². The number of benzene rings is 4. The van der Waals surface area contributed by atoms with E-state index in [1.807, 2.05) is 0 Å². The van der Waals surface area contributed by atoms with Crippen molar-refractivity contribution in [2.45, 2.75) is 19.3 Å². The molecule has 0 bridgehead atoms. The molecule has 0 radical (unpaired) electrons. The van der Waals surface area contributed by atoms with Crippen molar-refractivity contribution in [2.75, 3.05) is 0 Å². The predicted octanol–water partition coefficient (Wildman–Crippen LogP) is 6.81. The molecule has 120 valence electrons. The summed E-state index contributed by atoms with van der Waals surface area (Å²) >= 11 is 0. The first-order chi connectivity index (χ1) is 12.1. The van der Waals surface area contributed by atoms with E-state index in [0.717, 1.165) is 0 Å². The van der Waals surface area contributed by atoms with Crippen LogP contribution in [0.25, 0.3) is 33.0 Å². The van der Waals surface area contributed by atoms with Crippen LogP contribution in [-0.2, 0) is 5.41 Å². The van der Waals surface area contributed by atoms with Gasteiger partial charge in [0.1, 0.15) is 0 Å². The van der Waals surface area contributed by atoms with Crippen molar-refractivity contribution in [1.29, 1.82) is 0 Å². The third-order valence-corrected chi connectivity index (χ3v) is 5.67. The van der Waals surface area contributed by atoms with Crippen molar-refractivity contribution >= 4 is 10.8 Å². The lowest BCUT2D eigenvalue weighted by atomic mass is 9.81. The largest absolute Gasteiger partial charge is 0.0619 e. The maximum Gasteiger partial charge on any atom is 0.0159 e. The lowest BCUT2D eigenvalue weighted by Crippen LogP contribution is -2.14. The molecule has 25 heavy (non-hydrogen) atoms. The molecule has 0 aromatic heterocycles. The molecule has 0 saturated heterocycles. The second kappa shape index (κ2) is 5.07. The van der Waals surface area contributed by atoms with Crippen LogP contribution in [0.2, 0.25) is 0 Å². The minimum absolute atomic E-state index is 0.0544. The van der Waals surface area contributed by atoms with Crippen LogP contribution in [0.5, 0.6) is 0 Å². The summed E-state index contributed by atoms with van der Waals surface area (Å²) in [4.78, 5) is 0. The Balaban J connectivity index is 1.69. The maximum absolute atomic E-state index is 2.39. The zero-order valence-electron chi connectivity index (χ0n) is 14.6. The Morgan fingerprint density at radius 3 is 2.04 bits per heavy atom. The van der Waals surface area contributed by atoms with E-state index >= 15 is 0 Å². The summed E-state index contributed by atoms with van der Waals surface area (Å²) in [6.45, 7) is 4.67. The molecule has 0 N–H and O–H groups in total. The summed E-state index contributed by atoms with van der Waals surface area (Å²) in [5.74, 6) is 0. The van der Waals surface area contributed by atoms with E-state index in [1.54, 1.807) is 0 Å². The maximum atomic E-state index is 2.39. The standard InChI is InChI=1S/C25H20/c1-25(2)23-10-6-5-9-21(23)22-14-13-20(16-24(22)25)19-12-11-17-7-3-4-8-18(17)15-19/h3-16H,1-2H3. The van der Waals surface area contributed by atoms with Gasteiger partial charge in [-0.1, -0.05) is 86.6 Å².